The second-order valence-corrected chi connectivity index (χ2v) is 6.24. The van der Waals surface area contributed by atoms with E-state index in [4.69, 9.17) is 0 Å². The number of hydrogen-bond acceptors (Lipinski definition) is 3. The first-order chi connectivity index (χ1) is 10.1. The molecule has 3 rings (SSSR count). The number of rotatable bonds is 5. The Hall–Kier alpha value is -1.68. The molecule has 3 atom stereocenters. The third-order valence-corrected chi connectivity index (χ3v) is 4.57. The van der Waals surface area contributed by atoms with Crippen molar-refractivity contribution in [3.63, 3.8) is 0 Å². The summed E-state index contributed by atoms with van der Waals surface area (Å²) in [5.41, 5.74) is 1.18. The normalized spacial score (nSPS) is 26.3. The first-order valence-corrected chi connectivity index (χ1v) is 7.74. The molecule has 0 bridgehead atoms. The first kappa shape index (κ1) is 14.3. The molecule has 4 heteroatoms. The number of benzene rings is 1. The highest BCUT2D eigenvalue weighted by Crippen LogP contribution is 2.41. The van der Waals surface area contributed by atoms with Crippen LogP contribution >= 0.6 is 0 Å². The van der Waals surface area contributed by atoms with E-state index < -0.39 is 0 Å². The minimum atomic E-state index is -0.233. The van der Waals surface area contributed by atoms with Crippen molar-refractivity contribution in [1.82, 2.24) is 10.6 Å². The van der Waals surface area contributed by atoms with Crippen molar-refractivity contribution in [2.24, 2.45) is 11.8 Å². The van der Waals surface area contributed by atoms with Crippen LogP contribution in [0.4, 0.5) is 0 Å². The highest BCUT2D eigenvalue weighted by molar-refractivity contribution is 5.85. The maximum atomic E-state index is 12.4. The van der Waals surface area contributed by atoms with Crippen LogP contribution in [0.15, 0.2) is 30.3 Å². The van der Waals surface area contributed by atoms with E-state index in [0.717, 1.165) is 0 Å². The van der Waals surface area contributed by atoms with Gasteiger partial charge < -0.3 is 10.6 Å². The second-order valence-electron chi connectivity index (χ2n) is 6.24. The summed E-state index contributed by atoms with van der Waals surface area (Å²) in [5.74, 6) is 0.734. The summed E-state index contributed by atoms with van der Waals surface area (Å²) in [6.07, 6.45) is 2.97. The summed E-state index contributed by atoms with van der Waals surface area (Å²) < 4.78 is 0. The molecular formula is C17H22N2O2. The molecule has 1 aliphatic carbocycles. The van der Waals surface area contributed by atoms with E-state index in [1.807, 2.05) is 18.2 Å². The SMILES string of the molecule is CC(=O)C1CNC(C(=O)NC(c2ccccc2)C2CC2)C1. The molecule has 21 heavy (non-hydrogen) atoms. The summed E-state index contributed by atoms with van der Waals surface area (Å²) in [6, 6.07) is 10.0. The van der Waals surface area contributed by atoms with Crippen molar-refractivity contribution < 1.29 is 9.59 Å². The van der Waals surface area contributed by atoms with Crippen LogP contribution in [0, 0.1) is 11.8 Å². The lowest BCUT2D eigenvalue weighted by Gasteiger charge is -2.21. The Morgan fingerprint density at radius 1 is 1.24 bits per heavy atom. The topological polar surface area (TPSA) is 58.2 Å². The van der Waals surface area contributed by atoms with Gasteiger partial charge in [-0.1, -0.05) is 30.3 Å². The van der Waals surface area contributed by atoms with Gasteiger partial charge in [0.15, 0.2) is 0 Å². The predicted molar refractivity (Wildman–Crippen MR) is 80.6 cm³/mol. The van der Waals surface area contributed by atoms with Crippen LogP contribution in [0.5, 0.6) is 0 Å². The van der Waals surface area contributed by atoms with Crippen LogP contribution in [0.3, 0.4) is 0 Å². The quantitative estimate of drug-likeness (QED) is 0.868. The standard InChI is InChI=1S/C17H22N2O2/c1-11(20)14-9-15(18-10-14)17(21)19-16(13-7-8-13)12-5-3-2-4-6-12/h2-6,13-16,18H,7-10H2,1H3,(H,19,21). The maximum Gasteiger partial charge on any atom is 0.237 e. The summed E-state index contributed by atoms with van der Waals surface area (Å²) in [4.78, 5) is 23.8. The van der Waals surface area contributed by atoms with Gasteiger partial charge in [0.2, 0.25) is 5.91 Å². The fourth-order valence-electron chi connectivity index (χ4n) is 3.06. The number of carbonyl (C=O) groups excluding carboxylic acids is 2. The van der Waals surface area contributed by atoms with Crippen LogP contribution in [-0.4, -0.2) is 24.3 Å². The van der Waals surface area contributed by atoms with Crippen LogP contribution in [0.25, 0.3) is 0 Å². The second kappa shape index (κ2) is 5.98. The minimum absolute atomic E-state index is 0.0168. The molecule has 1 saturated carbocycles. The van der Waals surface area contributed by atoms with Gasteiger partial charge in [0, 0.05) is 12.5 Å². The molecule has 3 unspecified atom stereocenters. The molecule has 1 amide bonds. The van der Waals surface area contributed by atoms with Gasteiger partial charge in [0.1, 0.15) is 5.78 Å². The number of hydrogen-bond donors (Lipinski definition) is 2. The molecule has 2 fully saturated rings. The van der Waals surface area contributed by atoms with Crippen LogP contribution < -0.4 is 10.6 Å². The van der Waals surface area contributed by atoms with Crippen LogP contribution in [0.2, 0.25) is 0 Å². The minimum Gasteiger partial charge on any atom is -0.348 e. The monoisotopic (exact) mass is 286 g/mol. The molecule has 0 aromatic heterocycles. The van der Waals surface area contributed by atoms with Gasteiger partial charge in [0.05, 0.1) is 12.1 Å². The van der Waals surface area contributed by atoms with Crippen molar-refractivity contribution >= 4 is 11.7 Å². The molecule has 2 aliphatic rings. The number of nitrogens with one attached hydrogen (secondary N) is 2. The molecule has 2 N–H and O–H groups in total. The Morgan fingerprint density at radius 2 is 1.95 bits per heavy atom. The Morgan fingerprint density at radius 3 is 2.52 bits per heavy atom. The van der Waals surface area contributed by atoms with Crippen molar-refractivity contribution in [3.05, 3.63) is 35.9 Å². The predicted octanol–water partition coefficient (Wildman–Crippen LogP) is 1.82. The van der Waals surface area contributed by atoms with Crippen molar-refractivity contribution in [2.45, 2.75) is 38.3 Å². The van der Waals surface area contributed by atoms with Crippen LogP contribution in [0.1, 0.15) is 37.8 Å². The molecule has 1 aromatic rings. The lowest BCUT2D eigenvalue weighted by Crippen LogP contribution is -2.42. The maximum absolute atomic E-state index is 12.4. The van der Waals surface area contributed by atoms with Gasteiger partial charge in [-0.15, -0.1) is 0 Å². The molecule has 1 saturated heterocycles. The summed E-state index contributed by atoms with van der Waals surface area (Å²) in [7, 11) is 0. The summed E-state index contributed by atoms with van der Waals surface area (Å²) in [5, 5.41) is 6.36. The lowest BCUT2D eigenvalue weighted by molar-refractivity contribution is -0.123. The van der Waals surface area contributed by atoms with Gasteiger partial charge in [-0.2, -0.15) is 0 Å². The summed E-state index contributed by atoms with van der Waals surface area (Å²) in [6.45, 7) is 2.22. The lowest BCUT2D eigenvalue weighted by atomic mass is 9.99. The van der Waals surface area contributed by atoms with E-state index >= 15 is 0 Å². The van der Waals surface area contributed by atoms with Crippen LogP contribution in [-0.2, 0) is 9.59 Å². The molecule has 1 heterocycles. The average Bonchev–Trinajstić information content (AvgIpc) is 3.20. The van der Waals surface area contributed by atoms with E-state index in [1.54, 1.807) is 6.92 Å². The molecule has 4 nitrogen and oxygen atoms in total. The fraction of sp³-hybridized carbons (Fsp3) is 0.529. The van der Waals surface area contributed by atoms with Crippen molar-refractivity contribution in [3.8, 4) is 0 Å². The zero-order valence-corrected chi connectivity index (χ0v) is 12.3. The highest BCUT2D eigenvalue weighted by Gasteiger charge is 2.37. The van der Waals surface area contributed by atoms with Gasteiger partial charge in [-0.3, -0.25) is 9.59 Å². The van der Waals surface area contributed by atoms with E-state index in [2.05, 4.69) is 22.8 Å². The molecule has 1 aromatic carbocycles. The van der Waals surface area contributed by atoms with Crippen molar-refractivity contribution in [2.75, 3.05) is 6.54 Å². The molecule has 1 aliphatic heterocycles. The summed E-state index contributed by atoms with van der Waals surface area (Å²) >= 11 is 0. The number of Topliss-reactive ketones (excluding diaryl/α,β-unsaturated/α-hetero) is 1. The Bertz CT molecular complexity index is 525. The largest absolute Gasteiger partial charge is 0.348 e. The molecule has 0 radical (unpaired) electrons. The Kier molecular flexibility index (Phi) is 4.06. The number of ketones is 1. The van der Waals surface area contributed by atoms with E-state index in [0.29, 0.717) is 18.9 Å². The fourth-order valence-corrected chi connectivity index (χ4v) is 3.06. The van der Waals surface area contributed by atoms with E-state index in [1.165, 1.54) is 18.4 Å². The van der Waals surface area contributed by atoms with Crippen molar-refractivity contribution in [1.29, 1.82) is 0 Å². The Balaban J connectivity index is 1.64. The third-order valence-electron chi connectivity index (χ3n) is 4.57. The van der Waals surface area contributed by atoms with Gasteiger partial charge in [-0.25, -0.2) is 0 Å². The zero-order chi connectivity index (χ0) is 14.8. The third kappa shape index (κ3) is 3.32. The number of carbonyl (C=O) groups is 2. The molecule has 112 valence electrons. The first-order valence-electron chi connectivity index (χ1n) is 7.74. The molecule has 0 spiro atoms. The average molecular weight is 286 g/mol. The van der Waals surface area contributed by atoms with Gasteiger partial charge >= 0.3 is 0 Å². The van der Waals surface area contributed by atoms with E-state index in [9.17, 15) is 9.59 Å². The van der Waals surface area contributed by atoms with E-state index in [-0.39, 0.29) is 29.7 Å². The smallest absolute Gasteiger partial charge is 0.237 e. The van der Waals surface area contributed by atoms with Gasteiger partial charge in [-0.05, 0) is 37.7 Å². The highest BCUT2D eigenvalue weighted by atomic mass is 16.2. The number of amides is 1. The Labute approximate surface area is 125 Å². The zero-order valence-electron chi connectivity index (χ0n) is 12.3. The molecular weight excluding hydrogens is 264 g/mol. The van der Waals surface area contributed by atoms with Gasteiger partial charge in [0.25, 0.3) is 0 Å².